The van der Waals surface area contributed by atoms with Crippen LogP contribution in [-0.2, 0) is 20.7 Å². The van der Waals surface area contributed by atoms with Crippen molar-refractivity contribution in [2.75, 3.05) is 20.8 Å². The number of ketones is 1. The monoisotopic (exact) mass is 697 g/mol. The number of rotatable bonds is 13. The van der Waals surface area contributed by atoms with Gasteiger partial charge in [0.15, 0.2) is 23.0 Å². The third-order valence-electron chi connectivity index (χ3n) is 10.7. The number of hydrogen-bond donors (Lipinski definition) is 5. The van der Waals surface area contributed by atoms with E-state index in [2.05, 4.69) is 23.2 Å². The Hall–Kier alpha value is -4.80. The van der Waals surface area contributed by atoms with Gasteiger partial charge < -0.3 is 39.6 Å². The smallest absolute Gasteiger partial charge is 0.303 e. The highest BCUT2D eigenvalue weighted by molar-refractivity contribution is 5.90. The highest BCUT2D eigenvalue weighted by Crippen LogP contribution is 2.52. The number of Topliss-reactive ketones (excluding diaryl/α,β-unsaturated/α-hetero) is 1. The van der Waals surface area contributed by atoms with E-state index in [-0.39, 0.29) is 72.6 Å². The van der Waals surface area contributed by atoms with Crippen molar-refractivity contribution in [2.24, 2.45) is 17.8 Å². The number of hydrogen-bond acceptors (Lipinski definition) is 9. The number of allylic oxidation sites excluding steroid dienone is 1. The van der Waals surface area contributed by atoms with Gasteiger partial charge in [-0.25, -0.2) is 0 Å². The summed E-state index contributed by atoms with van der Waals surface area (Å²) in [5, 5.41) is 43.3. The van der Waals surface area contributed by atoms with Crippen LogP contribution in [0.5, 0.6) is 23.0 Å². The molecule has 6 unspecified atom stereocenters. The number of carbonyl (C=O) groups is 2. The predicted octanol–water partition coefficient (Wildman–Crippen LogP) is 6.42. The van der Waals surface area contributed by atoms with Crippen LogP contribution >= 0.6 is 0 Å². The second-order valence-electron chi connectivity index (χ2n) is 14.0. The first kappa shape index (κ1) is 36.0. The van der Waals surface area contributed by atoms with Gasteiger partial charge >= 0.3 is 5.97 Å². The lowest BCUT2D eigenvalue weighted by Crippen LogP contribution is -2.35. The van der Waals surface area contributed by atoms with E-state index in [9.17, 15) is 30.0 Å². The molecule has 51 heavy (non-hydrogen) atoms. The molecule has 3 aromatic carbocycles. The molecule has 6 rings (SSSR count). The molecule has 1 aromatic heterocycles. The minimum Gasteiger partial charge on any atom is -0.504 e. The van der Waals surface area contributed by atoms with Crippen LogP contribution in [0.2, 0.25) is 0 Å². The summed E-state index contributed by atoms with van der Waals surface area (Å²) in [6.45, 7) is 1.34. The Balaban J connectivity index is 1.36. The largest absolute Gasteiger partial charge is 0.504 e. The van der Waals surface area contributed by atoms with E-state index >= 15 is 0 Å². The number of para-hydroxylation sites is 1. The SMILES string of the molecule is COc1cc(CC(O)C(CC(=O)CC2c3cc(OC)c(O)cc3C(c3cc4ccccc4[nH]3)=CC3CCC(CCO)CC32)OC(C)=O)ccc1O. The molecule has 0 bridgehead atoms. The fourth-order valence-electron chi connectivity index (χ4n) is 8.22. The summed E-state index contributed by atoms with van der Waals surface area (Å²) in [4.78, 5) is 30.0. The molecule has 2 aliphatic carbocycles. The quantitative estimate of drug-likeness (QED) is 0.0994. The highest BCUT2D eigenvalue weighted by atomic mass is 16.6. The molecule has 270 valence electrons. The number of methoxy groups -OCH3 is 2. The number of aliphatic hydroxyl groups is 2. The minimum absolute atomic E-state index is 0.00438. The van der Waals surface area contributed by atoms with Gasteiger partial charge in [0.25, 0.3) is 0 Å². The zero-order valence-electron chi connectivity index (χ0n) is 29.3. The topological polar surface area (TPSA) is 159 Å². The van der Waals surface area contributed by atoms with Gasteiger partial charge in [-0.15, -0.1) is 0 Å². The number of fused-ring (bicyclic) bond motifs is 3. The Morgan fingerprint density at radius 2 is 1.73 bits per heavy atom. The van der Waals surface area contributed by atoms with Crippen molar-refractivity contribution in [1.29, 1.82) is 0 Å². The lowest BCUT2D eigenvalue weighted by Gasteiger charge is -2.39. The molecule has 10 heteroatoms. The summed E-state index contributed by atoms with van der Waals surface area (Å²) in [7, 11) is 2.93. The maximum atomic E-state index is 14.2. The van der Waals surface area contributed by atoms with Gasteiger partial charge in [0.1, 0.15) is 11.9 Å². The molecule has 1 fully saturated rings. The van der Waals surface area contributed by atoms with E-state index in [1.54, 1.807) is 18.2 Å². The molecule has 0 aliphatic heterocycles. The van der Waals surface area contributed by atoms with Crippen LogP contribution < -0.4 is 9.47 Å². The molecular weight excluding hydrogens is 650 g/mol. The lowest BCUT2D eigenvalue weighted by molar-refractivity contribution is -0.154. The number of benzene rings is 3. The van der Waals surface area contributed by atoms with Crippen molar-refractivity contribution in [3.05, 3.63) is 89.1 Å². The zero-order chi connectivity index (χ0) is 36.2. The second kappa shape index (κ2) is 15.6. The molecule has 0 radical (unpaired) electrons. The normalized spacial score (nSPS) is 21.1. The van der Waals surface area contributed by atoms with Crippen molar-refractivity contribution in [1.82, 2.24) is 4.98 Å². The minimum atomic E-state index is -1.20. The summed E-state index contributed by atoms with van der Waals surface area (Å²) in [6, 6.07) is 18.4. The molecule has 2 aliphatic rings. The van der Waals surface area contributed by atoms with Crippen LogP contribution in [-0.4, -0.2) is 70.2 Å². The molecular formula is C41H47NO9. The zero-order valence-corrected chi connectivity index (χ0v) is 29.3. The summed E-state index contributed by atoms with van der Waals surface area (Å²) in [6.07, 6.45) is 3.29. The molecule has 4 aromatic rings. The first-order valence-corrected chi connectivity index (χ1v) is 17.6. The summed E-state index contributed by atoms with van der Waals surface area (Å²) in [5.74, 6) is -0.132. The van der Waals surface area contributed by atoms with Crippen molar-refractivity contribution in [2.45, 2.75) is 70.0 Å². The van der Waals surface area contributed by atoms with E-state index in [1.165, 1.54) is 27.2 Å². The maximum absolute atomic E-state index is 14.2. The van der Waals surface area contributed by atoms with Gasteiger partial charge in [0.05, 0.1) is 20.3 Å². The Kier molecular flexibility index (Phi) is 11.0. The first-order valence-electron chi connectivity index (χ1n) is 17.6. The number of aromatic hydroxyl groups is 2. The van der Waals surface area contributed by atoms with E-state index in [0.717, 1.165) is 52.6 Å². The fraction of sp³-hybridized carbons (Fsp3) is 0.415. The van der Waals surface area contributed by atoms with Gasteiger partial charge in [-0.2, -0.15) is 0 Å². The number of ether oxygens (including phenoxy) is 3. The standard InChI is InChI=1S/C41H47NO9/c1-23(44)51-41(37(47)15-25-9-11-36(46)39(16-25)49-2)20-28(45)19-30-29-14-24(12-13-43)8-10-26(29)17-33(31-21-38(48)40(50-3)22-32(30)31)35-18-27-6-4-5-7-34(27)42-35/h4-7,9,11,16-18,21-22,24,26,29-30,37,41-43,46-48H,8,10,12-15,19-20H2,1-3H3. The van der Waals surface area contributed by atoms with Crippen LogP contribution in [0.3, 0.4) is 0 Å². The number of esters is 1. The van der Waals surface area contributed by atoms with Crippen LogP contribution in [0.1, 0.15) is 73.8 Å². The van der Waals surface area contributed by atoms with Crippen LogP contribution in [0.25, 0.3) is 16.5 Å². The van der Waals surface area contributed by atoms with Crippen molar-refractivity contribution in [3.8, 4) is 23.0 Å². The molecule has 1 saturated carbocycles. The molecule has 0 amide bonds. The van der Waals surface area contributed by atoms with E-state index in [0.29, 0.717) is 17.7 Å². The summed E-state index contributed by atoms with van der Waals surface area (Å²) in [5.41, 5.74) is 5.18. The number of phenols is 2. The van der Waals surface area contributed by atoms with Gasteiger partial charge in [0.2, 0.25) is 0 Å². The number of aliphatic hydroxyl groups excluding tert-OH is 2. The molecule has 0 saturated heterocycles. The molecule has 0 spiro atoms. The Bertz CT molecular complexity index is 1880. The highest BCUT2D eigenvalue weighted by Gasteiger charge is 2.41. The Labute approximate surface area is 297 Å². The van der Waals surface area contributed by atoms with Gasteiger partial charge in [-0.05, 0) is 102 Å². The number of carbonyl (C=O) groups excluding carboxylic acids is 2. The first-order chi connectivity index (χ1) is 24.6. The molecule has 10 nitrogen and oxygen atoms in total. The second-order valence-corrected chi connectivity index (χ2v) is 14.0. The van der Waals surface area contributed by atoms with Crippen molar-refractivity contribution in [3.63, 3.8) is 0 Å². The molecule has 1 heterocycles. The number of aromatic nitrogens is 1. The van der Waals surface area contributed by atoms with E-state index in [1.807, 2.05) is 24.3 Å². The number of H-pyrrole nitrogens is 1. The molecule has 5 N–H and O–H groups in total. The van der Waals surface area contributed by atoms with E-state index < -0.39 is 18.2 Å². The average molecular weight is 698 g/mol. The maximum Gasteiger partial charge on any atom is 0.303 e. The average Bonchev–Trinajstić information content (AvgIpc) is 3.50. The Morgan fingerprint density at radius 1 is 0.961 bits per heavy atom. The number of aromatic amines is 1. The van der Waals surface area contributed by atoms with Crippen LogP contribution in [0.4, 0.5) is 0 Å². The predicted molar refractivity (Wildman–Crippen MR) is 193 cm³/mol. The third kappa shape index (κ3) is 7.92. The van der Waals surface area contributed by atoms with E-state index in [4.69, 9.17) is 14.2 Å². The summed E-state index contributed by atoms with van der Waals surface area (Å²) >= 11 is 0. The van der Waals surface area contributed by atoms with Crippen molar-refractivity contribution >= 4 is 28.2 Å². The Morgan fingerprint density at radius 3 is 2.45 bits per heavy atom. The fourth-order valence-corrected chi connectivity index (χ4v) is 8.22. The molecule has 6 atom stereocenters. The van der Waals surface area contributed by atoms with Crippen LogP contribution in [0, 0.1) is 17.8 Å². The third-order valence-corrected chi connectivity index (χ3v) is 10.7. The van der Waals surface area contributed by atoms with Crippen LogP contribution in [0.15, 0.2) is 66.7 Å². The van der Waals surface area contributed by atoms with Gasteiger partial charge in [0, 0.05) is 55.0 Å². The number of phenolic OH excluding ortho intramolecular Hbond substituents is 2. The van der Waals surface area contributed by atoms with Crippen molar-refractivity contribution < 1.29 is 44.2 Å². The lowest BCUT2D eigenvalue weighted by atomic mass is 9.65. The van der Waals surface area contributed by atoms with Gasteiger partial charge in [-0.3, -0.25) is 9.59 Å². The summed E-state index contributed by atoms with van der Waals surface area (Å²) < 4.78 is 16.3. The van der Waals surface area contributed by atoms with Gasteiger partial charge in [-0.1, -0.05) is 30.3 Å². The number of nitrogens with one attached hydrogen (secondary N) is 1.